The molecule has 0 fully saturated rings. The highest BCUT2D eigenvalue weighted by Gasteiger charge is 2.28. The number of fused-ring (bicyclic) bond motifs is 1. The van der Waals surface area contributed by atoms with Gasteiger partial charge < -0.3 is 14.7 Å². The van der Waals surface area contributed by atoms with Gasteiger partial charge in [-0.1, -0.05) is 28.1 Å². The molecule has 5 heteroatoms. The third-order valence-electron chi connectivity index (χ3n) is 3.83. The Morgan fingerprint density at radius 1 is 1.32 bits per heavy atom. The minimum absolute atomic E-state index is 0.0808. The molecule has 1 heterocycles. The molecule has 1 N–H and O–H groups in total. The lowest BCUT2D eigenvalue weighted by Crippen LogP contribution is -2.36. The number of hydrogen-bond donors (Lipinski definition) is 1. The number of nitrogens with zero attached hydrogens (tertiary/aromatic N) is 1. The summed E-state index contributed by atoms with van der Waals surface area (Å²) in [5, 5.41) is 10.2. The normalized spacial score (nSPS) is 17.0. The number of halogens is 1. The summed E-state index contributed by atoms with van der Waals surface area (Å²) in [5.74, 6) is 0.586. The molecule has 2 aromatic carbocycles. The van der Waals surface area contributed by atoms with E-state index in [4.69, 9.17) is 4.74 Å². The van der Waals surface area contributed by atoms with Gasteiger partial charge in [-0.3, -0.25) is 4.79 Å². The van der Waals surface area contributed by atoms with E-state index in [0.717, 1.165) is 10.0 Å². The van der Waals surface area contributed by atoms with Crippen molar-refractivity contribution in [1.29, 1.82) is 0 Å². The molecule has 0 bridgehead atoms. The summed E-state index contributed by atoms with van der Waals surface area (Å²) >= 11 is 3.39. The van der Waals surface area contributed by atoms with Gasteiger partial charge in [0.15, 0.2) is 0 Å². The Hall–Kier alpha value is -1.85. The van der Waals surface area contributed by atoms with E-state index in [-0.39, 0.29) is 5.91 Å². The highest BCUT2D eigenvalue weighted by molar-refractivity contribution is 9.10. The van der Waals surface area contributed by atoms with Gasteiger partial charge in [0.05, 0.1) is 18.9 Å². The second-order valence-corrected chi connectivity index (χ2v) is 6.11. The molecule has 2 aromatic rings. The lowest BCUT2D eigenvalue weighted by molar-refractivity contribution is 0.0970. The first-order valence-corrected chi connectivity index (χ1v) is 7.83. The van der Waals surface area contributed by atoms with Crippen molar-refractivity contribution in [3.63, 3.8) is 0 Å². The van der Waals surface area contributed by atoms with Gasteiger partial charge in [0.25, 0.3) is 5.91 Å². The number of anilines is 1. The maximum atomic E-state index is 12.8. The topological polar surface area (TPSA) is 49.8 Å². The van der Waals surface area contributed by atoms with Crippen LogP contribution in [0.5, 0.6) is 5.75 Å². The van der Waals surface area contributed by atoms with Crippen LogP contribution in [0, 0.1) is 0 Å². The van der Waals surface area contributed by atoms with E-state index in [9.17, 15) is 9.90 Å². The lowest BCUT2D eigenvalue weighted by atomic mass is 9.97. The summed E-state index contributed by atoms with van der Waals surface area (Å²) in [4.78, 5) is 14.5. The summed E-state index contributed by atoms with van der Waals surface area (Å²) in [6.45, 7) is 0.479. The second kappa shape index (κ2) is 6.10. The molecule has 0 saturated carbocycles. The number of carbonyl (C=O) groups excluding carboxylic acids is 1. The van der Waals surface area contributed by atoms with E-state index < -0.39 is 6.10 Å². The van der Waals surface area contributed by atoms with Crippen molar-refractivity contribution in [3.05, 3.63) is 58.1 Å². The number of carbonyl (C=O) groups is 1. The monoisotopic (exact) mass is 361 g/mol. The average Bonchev–Trinajstić information content (AvgIpc) is 2.54. The lowest BCUT2D eigenvalue weighted by Gasteiger charge is -2.32. The van der Waals surface area contributed by atoms with Crippen molar-refractivity contribution in [3.8, 4) is 5.75 Å². The molecular formula is C17H16BrNO3. The summed E-state index contributed by atoms with van der Waals surface area (Å²) < 4.78 is 6.10. The summed E-state index contributed by atoms with van der Waals surface area (Å²) in [7, 11) is 1.58. The molecule has 1 atom stereocenters. The number of aliphatic hydroxyl groups is 1. The van der Waals surface area contributed by atoms with Crippen molar-refractivity contribution >= 4 is 27.5 Å². The fourth-order valence-electron chi connectivity index (χ4n) is 2.68. The van der Waals surface area contributed by atoms with Crippen LogP contribution < -0.4 is 9.64 Å². The molecule has 1 amide bonds. The first-order chi connectivity index (χ1) is 10.6. The Labute approximate surface area is 137 Å². The van der Waals surface area contributed by atoms with Crippen LogP contribution in [-0.4, -0.2) is 24.7 Å². The zero-order valence-corrected chi connectivity index (χ0v) is 13.7. The van der Waals surface area contributed by atoms with E-state index in [1.165, 1.54) is 0 Å². The van der Waals surface area contributed by atoms with Crippen molar-refractivity contribution in [2.45, 2.75) is 12.5 Å². The van der Waals surface area contributed by atoms with Gasteiger partial charge in [0, 0.05) is 28.2 Å². The third kappa shape index (κ3) is 2.74. The van der Waals surface area contributed by atoms with Gasteiger partial charge in [-0.25, -0.2) is 0 Å². The van der Waals surface area contributed by atoms with Gasteiger partial charge in [-0.05, 0) is 30.7 Å². The first kappa shape index (κ1) is 15.1. The van der Waals surface area contributed by atoms with Crippen LogP contribution in [0.1, 0.15) is 28.4 Å². The minimum atomic E-state index is -0.549. The quantitative estimate of drug-likeness (QED) is 0.889. The van der Waals surface area contributed by atoms with E-state index in [1.54, 1.807) is 36.3 Å². The number of methoxy groups -OCH3 is 1. The Morgan fingerprint density at radius 3 is 2.86 bits per heavy atom. The van der Waals surface area contributed by atoms with Crippen LogP contribution >= 0.6 is 15.9 Å². The summed E-state index contributed by atoms with van der Waals surface area (Å²) in [6, 6.07) is 12.7. The molecule has 1 aliphatic heterocycles. The standard InChI is InChI=1S/C17H16BrNO3/c1-22-13-5-6-14-15(10-13)19(8-7-16(14)20)17(21)11-3-2-4-12(18)9-11/h2-6,9-10,16,20H,7-8H2,1H3. The SMILES string of the molecule is COc1ccc2c(c1)N(C(=O)c1cccc(Br)c1)CCC2O. The number of aliphatic hydroxyl groups excluding tert-OH is 1. The maximum absolute atomic E-state index is 12.8. The van der Waals surface area contributed by atoms with E-state index in [2.05, 4.69) is 15.9 Å². The number of amides is 1. The van der Waals surface area contributed by atoms with Gasteiger partial charge in [-0.15, -0.1) is 0 Å². The average molecular weight is 362 g/mol. The highest BCUT2D eigenvalue weighted by Crippen LogP contribution is 2.37. The van der Waals surface area contributed by atoms with E-state index in [0.29, 0.717) is 30.0 Å². The smallest absolute Gasteiger partial charge is 0.258 e. The molecule has 1 aliphatic rings. The van der Waals surface area contributed by atoms with Crippen LogP contribution in [0.25, 0.3) is 0 Å². The van der Waals surface area contributed by atoms with Crippen LogP contribution in [0.3, 0.4) is 0 Å². The first-order valence-electron chi connectivity index (χ1n) is 7.03. The van der Waals surface area contributed by atoms with Crippen molar-refractivity contribution < 1.29 is 14.6 Å². The predicted octanol–water partition coefficient (Wildman–Crippen LogP) is 3.54. The van der Waals surface area contributed by atoms with Gasteiger partial charge in [0.2, 0.25) is 0 Å². The van der Waals surface area contributed by atoms with Gasteiger partial charge in [-0.2, -0.15) is 0 Å². The van der Waals surface area contributed by atoms with Crippen molar-refractivity contribution in [2.75, 3.05) is 18.6 Å². The maximum Gasteiger partial charge on any atom is 0.258 e. The van der Waals surface area contributed by atoms with Gasteiger partial charge in [0.1, 0.15) is 5.75 Å². The molecule has 0 aliphatic carbocycles. The molecular weight excluding hydrogens is 346 g/mol. The van der Waals surface area contributed by atoms with Crippen LogP contribution in [-0.2, 0) is 0 Å². The van der Waals surface area contributed by atoms with Gasteiger partial charge >= 0.3 is 0 Å². The van der Waals surface area contributed by atoms with Crippen LogP contribution in [0.15, 0.2) is 46.9 Å². The molecule has 0 aromatic heterocycles. The minimum Gasteiger partial charge on any atom is -0.497 e. The summed E-state index contributed by atoms with van der Waals surface area (Å²) in [6.07, 6.45) is -0.0218. The molecule has 0 saturated heterocycles. The molecule has 1 unspecified atom stereocenters. The Morgan fingerprint density at radius 2 is 2.14 bits per heavy atom. The van der Waals surface area contributed by atoms with Crippen molar-refractivity contribution in [1.82, 2.24) is 0 Å². The molecule has 4 nitrogen and oxygen atoms in total. The summed E-state index contributed by atoms with van der Waals surface area (Å²) in [5.41, 5.74) is 2.08. The fourth-order valence-corrected chi connectivity index (χ4v) is 3.08. The highest BCUT2D eigenvalue weighted by atomic mass is 79.9. The van der Waals surface area contributed by atoms with E-state index >= 15 is 0 Å². The van der Waals surface area contributed by atoms with Crippen LogP contribution in [0.4, 0.5) is 5.69 Å². The largest absolute Gasteiger partial charge is 0.497 e. The molecule has 114 valence electrons. The third-order valence-corrected chi connectivity index (χ3v) is 4.32. The van der Waals surface area contributed by atoms with Crippen LogP contribution in [0.2, 0.25) is 0 Å². The zero-order chi connectivity index (χ0) is 15.7. The van der Waals surface area contributed by atoms with Crippen molar-refractivity contribution in [2.24, 2.45) is 0 Å². The number of rotatable bonds is 2. The molecule has 22 heavy (non-hydrogen) atoms. The fraction of sp³-hybridized carbons (Fsp3) is 0.235. The Kier molecular flexibility index (Phi) is 4.18. The Bertz CT molecular complexity index is 717. The zero-order valence-electron chi connectivity index (χ0n) is 12.1. The predicted molar refractivity (Wildman–Crippen MR) is 88.4 cm³/mol. The number of benzene rings is 2. The molecule has 0 radical (unpaired) electrons. The molecule has 3 rings (SSSR count). The Balaban J connectivity index is 2.02. The number of ether oxygens (including phenoxy) is 1. The number of hydrogen-bond acceptors (Lipinski definition) is 3. The second-order valence-electron chi connectivity index (χ2n) is 5.20. The molecule has 0 spiro atoms. The van der Waals surface area contributed by atoms with E-state index in [1.807, 2.05) is 18.2 Å².